The molecule has 4 rings (SSSR count). The van der Waals surface area contributed by atoms with E-state index < -0.39 is 0 Å². The maximum Gasteiger partial charge on any atom is 0.250 e. The van der Waals surface area contributed by atoms with Gasteiger partial charge in [-0.3, -0.25) is 9.59 Å². The average Bonchev–Trinajstić information content (AvgIpc) is 3.23. The molecule has 7 heteroatoms. The minimum absolute atomic E-state index is 0.0288. The van der Waals surface area contributed by atoms with E-state index in [2.05, 4.69) is 64.8 Å². The number of halogens is 1. The number of amides is 2. The van der Waals surface area contributed by atoms with Gasteiger partial charge in [0.15, 0.2) is 0 Å². The normalized spacial score (nSPS) is 20.1. The first-order valence-electron chi connectivity index (χ1n) is 11.0. The Morgan fingerprint density at radius 1 is 1.19 bits per heavy atom. The molecule has 0 radical (unpaired) electrons. The zero-order valence-corrected chi connectivity index (χ0v) is 20.0. The summed E-state index contributed by atoms with van der Waals surface area (Å²) in [5.74, 6) is 0.458. The molecule has 6 nitrogen and oxygen atoms in total. The van der Waals surface area contributed by atoms with Gasteiger partial charge in [0, 0.05) is 36.4 Å². The van der Waals surface area contributed by atoms with Crippen molar-refractivity contribution in [2.45, 2.75) is 51.2 Å². The van der Waals surface area contributed by atoms with Crippen LogP contribution in [0.1, 0.15) is 55.3 Å². The third kappa shape index (κ3) is 5.22. The minimum Gasteiger partial charge on any atom is -0.352 e. The van der Waals surface area contributed by atoms with Crippen LogP contribution in [0.2, 0.25) is 0 Å². The molecule has 1 saturated heterocycles. The summed E-state index contributed by atoms with van der Waals surface area (Å²) >= 11 is 3.44. The lowest BCUT2D eigenvalue weighted by Gasteiger charge is -2.31. The summed E-state index contributed by atoms with van der Waals surface area (Å²) in [6.07, 6.45) is 4.63. The number of rotatable bonds is 7. The van der Waals surface area contributed by atoms with Gasteiger partial charge < -0.3 is 15.2 Å². The Kier molecular flexibility index (Phi) is 6.96. The number of hydrogen-bond acceptors (Lipinski definition) is 4. The fourth-order valence-corrected chi connectivity index (χ4v) is 4.56. The van der Waals surface area contributed by atoms with Gasteiger partial charge in [-0.05, 0) is 41.2 Å². The van der Waals surface area contributed by atoms with Crippen molar-refractivity contribution in [1.29, 1.82) is 0 Å². The topological polar surface area (TPSA) is 64.7 Å². The highest BCUT2D eigenvalue weighted by Gasteiger charge is 2.39. The number of benzene rings is 2. The summed E-state index contributed by atoms with van der Waals surface area (Å²) in [6, 6.07) is 16.3. The van der Waals surface area contributed by atoms with Crippen LogP contribution < -0.4 is 10.7 Å². The third-order valence-corrected chi connectivity index (χ3v) is 6.53. The van der Waals surface area contributed by atoms with Gasteiger partial charge in [-0.25, -0.2) is 5.43 Å². The molecule has 0 saturated carbocycles. The number of hydrogen-bond donors (Lipinski definition) is 2. The van der Waals surface area contributed by atoms with Crippen LogP contribution in [-0.2, 0) is 16.1 Å². The largest absolute Gasteiger partial charge is 0.352 e. The summed E-state index contributed by atoms with van der Waals surface area (Å²) in [5.41, 5.74) is 6.96. The van der Waals surface area contributed by atoms with Gasteiger partial charge >= 0.3 is 0 Å². The van der Waals surface area contributed by atoms with Crippen LogP contribution in [0.5, 0.6) is 0 Å². The SMILES string of the molecule is CC(C)c1ccc(C2CC3C(=O)N(CCC(=O)NCc4cccc(Br)c4)C=CN3N2)cc1. The Hall–Kier alpha value is -2.64. The van der Waals surface area contributed by atoms with E-state index >= 15 is 0 Å². The first-order valence-corrected chi connectivity index (χ1v) is 11.8. The number of carbonyl (C=O) groups is 2. The highest BCUT2D eigenvalue weighted by Crippen LogP contribution is 2.31. The van der Waals surface area contributed by atoms with Gasteiger partial charge in [0.2, 0.25) is 5.91 Å². The van der Waals surface area contributed by atoms with Crippen LogP contribution in [0.25, 0.3) is 0 Å². The maximum atomic E-state index is 13.0. The zero-order chi connectivity index (χ0) is 22.7. The van der Waals surface area contributed by atoms with Crippen molar-refractivity contribution >= 4 is 27.7 Å². The Labute approximate surface area is 197 Å². The number of fused-ring (bicyclic) bond motifs is 1. The standard InChI is InChI=1S/C25H29BrN4O2/c1-17(2)19-6-8-20(9-7-19)22-15-23-25(32)29(12-13-30(23)28-22)11-10-24(31)27-16-18-4-3-5-21(26)14-18/h3-9,12-14,17,22-23,28H,10-11,15-16H2,1-2H3,(H,27,31). The van der Waals surface area contributed by atoms with Crippen LogP contribution in [0.15, 0.2) is 65.4 Å². The van der Waals surface area contributed by atoms with Crippen LogP contribution >= 0.6 is 15.9 Å². The molecule has 0 spiro atoms. The number of nitrogens with one attached hydrogen (secondary N) is 2. The Morgan fingerprint density at radius 3 is 2.69 bits per heavy atom. The molecule has 2 aromatic carbocycles. The van der Waals surface area contributed by atoms with Crippen LogP contribution in [0.3, 0.4) is 0 Å². The van der Waals surface area contributed by atoms with E-state index in [1.54, 1.807) is 11.1 Å². The summed E-state index contributed by atoms with van der Waals surface area (Å²) in [4.78, 5) is 27.0. The predicted octanol–water partition coefficient (Wildman–Crippen LogP) is 4.21. The van der Waals surface area contributed by atoms with Crippen molar-refractivity contribution in [3.63, 3.8) is 0 Å². The molecule has 0 aromatic heterocycles. The first-order chi connectivity index (χ1) is 15.4. The van der Waals surface area contributed by atoms with E-state index in [1.165, 1.54) is 11.1 Å². The molecule has 0 bridgehead atoms. The molecule has 2 aliphatic heterocycles. The van der Waals surface area contributed by atoms with Gasteiger partial charge in [0.1, 0.15) is 6.04 Å². The van der Waals surface area contributed by atoms with E-state index in [-0.39, 0.29) is 30.3 Å². The summed E-state index contributed by atoms with van der Waals surface area (Å²) in [7, 11) is 0. The van der Waals surface area contributed by atoms with Gasteiger partial charge in [-0.2, -0.15) is 0 Å². The molecule has 2 amide bonds. The zero-order valence-electron chi connectivity index (χ0n) is 18.4. The molecule has 0 aliphatic carbocycles. The molecule has 2 N–H and O–H groups in total. The van der Waals surface area contributed by atoms with Crippen molar-refractivity contribution in [3.05, 3.63) is 82.1 Å². The Balaban J connectivity index is 1.28. The number of hydrazine groups is 1. The molecule has 2 unspecified atom stereocenters. The monoisotopic (exact) mass is 496 g/mol. The fourth-order valence-electron chi connectivity index (χ4n) is 4.11. The lowest BCUT2D eigenvalue weighted by Crippen LogP contribution is -2.48. The smallest absolute Gasteiger partial charge is 0.250 e. The summed E-state index contributed by atoms with van der Waals surface area (Å²) in [5, 5.41) is 4.82. The van der Waals surface area contributed by atoms with E-state index in [0.717, 1.165) is 10.0 Å². The maximum absolute atomic E-state index is 13.0. The van der Waals surface area contributed by atoms with Crippen molar-refractivity contribution < 1.29 is 9.59 Å². The number of carbonyl (C=O) groups excluding carboxylic acids is 2. The molecule has 2 atom stereocenters. The molecule has 2 aromatic rings. The van der Waals surface area contributed by atoms with Gasteiger partial charge in [-0.1, -0.05) is 66.2 Å². The average molecular weight is 497 g/mol. The van der Waals surface area contributed by atoms with E-state index in [9.17, 15) is 9.59 Å². The first kappa shape index (κ1) is 22.6. The van der Waals surface area contributed by atoms with E-state index in [1.807, 2.05) is 35.5 Å². The lowest BCUT2D eigenvalue weighted by molar-refractivity contribution is -0.134. The molecular formula is C25H29BrN4O2. The Bertz CT molecular complexity index is 1010. The molecule has 2 aliphatic rings. The summed E-state index contributed by atoms with van der Waals surface area (Å²) in [6.45, 7) is 5.21. The van der Waals surface area contributed by atoms with Crippen molar-refractivity contribution in [3.8, 4) is 0 Å². The van der Waals surface area contributed by atoms with E-state index in [4.69, 9.17) is 0 Å². The van der Waals surface area contributed by atoms with Crippen molar-refractivity contribution in [2.24, 2.45) is 0 Å². The second kappa shape index (κ2) is 9.88. The van der Waals surface area contributed by atoms with Crippen LogP contribution in [0.4, 0.5) is 0 Å². The second-order valence-corrected chi connectivity index (χ2v) is 9.56. The number of nitrogens with zero attached hydrogens (tertiary/aromatic N) is 2. The van der Waals surface area contributed by atoms with Crippen LogP contribution in [0, 0.1) is 0 Å². The summed E-state index contributed by atoms with van der Waals surface area (Å²) < 4.78 is 0.984. The van der Waals surface area contributed by atoms with Gasteiger partial charge in [0.05, 0.1) is 6.04 Å². The molecule has 32 heavy (non-hydrogen) atoms. The third-order valence-electron chi connectivity index (χ3n) is 6.04. The van der Waals surface area contributed by atoms with Crippen molar-refractivity contribution in [1.82, 2.24) is 20.7 Å². The quantitative estimate of drug-likeness (QED) is 0.602. The fraction of sp³-hybridized carbons (Fsp3) is 0.360. The Morgan fingerprint density at radius 2 is 1.97 bits per heavy atom. The lowest BCUT2D eigenvalue weighted by atomic mass is 9.97. The van der Waals surface area contributed by atoms with Crippen LogP contribution in [-0.4, -0.2) is 34.3 Å². The molecule has 168 valence electrons. The van der Waals surface area contributed by atoms with Crippen molar-refractivity contribution in [2.75, 3.05) is 6.54 Å². The minimum atomic E-state index is -0.250. The highest BCUT2D eigenvalue weighted by atomic mass is 79.9. The highest BCUT2D eigenvalue weighted by molar-refractivity contribution is 9.10. The molecule has 1 fully saturated rings. The molecule has 2 heterocycles. The van der Waals surface area contributed by atoms with Gasteiger partial charge in [0.25, 0.3) is 5.91 Å². The van der Waals surface area contributed by atoms with E-state index in [0.29, 0.717) is 25.4 Å². The predicted molar refractivity (Wildman–Crippen MR) is 128 cm³/mol. The van der Waals surface area contributed by atoms with Gasteiger partial charge in [-0.15, -0.1) is 0 Å². The molecular weight excluding hydrogens is 468 g/mol. The second-order valence-electron chi connectivity index (χ2n) is 8.65.